The summed E-state index contributed by atoms with van der Waals surface area (Å²) in [5.41, 5.74) is 0. The molecule has 0 saturated heterocycles. The van der Waals surface area contributed by atoms with E-state index in [1.54, 1.807) is 0 Å². The standard InChI is InChI=1S/C64H124O17P2/c1-54(2)40-32-24-16-12-9-10-14-18-30-38-46-63(68)80-59(50-74-61(66)44-36-28-22-20-26-34-42-56(5)6)52-78-82(70,71)76-48-58(65)49-77-83(72,73)79-53-60(51-75-62(67)45-37-29-23-21-27-35-43-57(7)8)81-64(69)47-39-31-19-15-11-13-17-25-33-41-55(3)4/h54-60,65H,9-53H2,1-8H3,(H,70,71)(H,72,73)/t58-,59+,60+/m0/s1. The number of rotatable bonds is 61. The summed E-state index contributed by atoms with van der Waals surface area (Å²) in [7, 11) is -9.89. The fourth-order valence-electron chi connectivity index (χ4n) is 9.43. The van der Waals surface area contributed by atoms with Crippen molar-refractivity contribution in [1.29, 1.82) is 0 Å². The van der Waals surface area contributed by atoms with E-state index in [0.29, 0.717) is 37.5 Å². The molecule has 5 atom stereocenters. The highest BCUT2D eigenvalue weighted by molar-refractivity contribution is 7.47. The Morgan fingerprint density at radius 2 is 0.506 bits per heavy atom. The van der Waals surface area contributed by atoms with Crippen molar-refractivity contribution < 1.29 is 80.2 Å². The van der Waals surface area contributed by atoms with Crippen molar-refractivity contribution in [3.8, 4) is 0 Å². The van der Waals surface area contributed by atoms with Gasteiger partial charge in [-0.3, -0.25) is 37.3 Å². The Bertz CT molecular complexity index is 1660. The average molecular weight is 1230 g/mol. The van der Waals surface area contributed by atoms with E-state index in [2.05, 4.69) is 55.4 Å². The molecule has 492 valence electrons. The Labute approximate surface area is 505 Å². The van der Waals surface area contributed by atoms with E-state index < -0.39 is 97.5 Å². The minimum Gasteiger partial charge on any atom is -0.462 e. The first-order valence-electron chi connectivity index (χ1n) is 33.2. The van der Waals surface area contributed by atoms with Gasteiger partial charge in [0.05, 0.1) is 26.4 Å². The van der Waals surface area contributed by atoms with Gasteiger partial charge >= 0.3 is 39.5 Å². The van der Waals surface area contributed by atoms with E-state index in [1.807, 2.05) is 0 Å². The van der Waals surface area contributed by atoms with Crippen molar-refractivity contribution in [2.45, 2.75) is 324 Å². The first kappa shape index (κ1) is 81.1. The highest BCUT2D eigenvalue weighted by Gasteiger charge is 2.30. The molecule has 0 aromatic carbocycles. The first-order valence-corrected chi connectivity index (χ1v) is 36.2. The van der Waals surface area contributed by atoms with Crippen molar-refractivity contribution in [3.05, 3.63) is 0 Å². The van der Waals surface area contributed by atoms with Crippen molar-refractivity contribution in [2.75, 3.05) is 39.6 Å². The lowest BCUT2D eigenvalue weighted by Gasteiger charge is -2.21. The SMILES string of the molecule is CC(C)CCCCCCCCCCCCC(=O)O[C@H](COC(=O)CCCCCCCCC(C)C)COP(=O)(O)OC[C@H](O)COP(=O)(O)OC[C@@H](COC(=O)CCCCCCCCC(C)C)OC(=O)CCCCCCCCCCCC(C)C. The second-order valence-corrected chi connectivity index (χ2v) is 28.0. The van der Waals surface area contributed by atoms with E-state index in [9.17, 15) is 43.2 Å². The summed E-state index contributed by atoms with van der Waals surface area (Å²) in [6, 6.07) is 0. The molecule has 0 aliphatic heterocycles. The maximum Gasteiger partial charge on any atom is 0.472 e. The van der Waals surface area contributed by atoms with Gasteiger partial charge < -0.3 is 33.8 Å². The number of phosphoric ester groups is 2. The van der Waals surface area contributed by atoms with Gasteiger partial charge in [0.15, 0.2) is 12.2 Å². The monoisotopic (exact) mass is 1230 g/mol. The van der Waals surface area contributed by atoms with Crippen LogP contribution in [0.1, 0.15) is 306 Å². The van der Waals surface area contributed by atoms with Crippen LogP contribution in [0.25, 0.3) is 0 Å². The predicted octanol–water partition coefficient (Wildman–Crippen LogP) is 17.4. The summed E-state index contributed by atoms with van der Waals surface area (Å²) in [6.07, 6.45) is 33.8. The molecule has 0 aromatic heterocycles. The van der Waals surface area contributed by atoms with Gasteiger partial charge in [0.2, 0.25) is 0 Å². The van der Waals surface area contributed by atoms with Crippen molar-refractivity contribution >= 4 is 39.5 Å². The molecule has 0 heterocycles. The third kappa shape index (κ3) is 58.8. The molecular formula is C64H124O17P2. The van der Waals surface area contributed by atoms with Crippen LogP contribution in [0.3, 0.4) is 0 Å². The van der Waals surface area contributed by atoms with Crippen LogP contribution in [-0.4, -0.2) is 96.7 Å². The molecule has 83 heavy (non-hydrogen) atoms. The van der Waals surface area contributed by atoms with E-state index in [-0.39, 0.29) is 25.7 Å². The number of hydrogen-bond donors (Lipinski definition) is 3. The number of phosphoric acid groups is 2. The molecule has 0 fully saturated rings. The van der Waals surface area contributed by atoms with Crippen LogP contribution in [0.15, 0.2) is 0 Å². The first-order chi connectivity index (χ1) is 39.6. The summed E-state index contributed by atoms with van der Waals surface area (Å²) >= 11 is 0. The predicted molar refractivity (Wildman–Crippen MR) is 331 cm³/mol. The molecule has 0 saturated carbocycles. The van der Waals surface area contributed by atoms with Gasteiger partial charge in [0.1, 0.15) is 19.3 Å². The second-order valence-electron chi connectivity index (χ2n) is 25.1. The number of carbonyl (C=O) groups is 4. The minimum atomic E-state index is -4.94. The zero-order valence-electron chi connectivity index (χ0n) is 53.8. The average Bonchev–Trinajstić information content (AvgIpc) is 3.43. The highest BCUT2D eigenvalue weighted by atomic mass is 31.2. The van der Waals surface area contributed by atoms with Gasteiger partial charge in [-0.15, -0.1) is 0 Å². The summed E-state index contributed by atoms with van der Waals surface area (Å²) in [6.45, 7) is 13.9. The number of carbonyl (C=O) groups excluding carboxylic acids is 4. The van der Waals surface area contributed by atoms with Crippen LogP contribution >= 0.6 is 15.6 Å². The number of hydrogen-bond acceptors (Lipinski definition) is 15. The number of esters is 4. The molecule has 0 aliphatic carbocycles. The number of unbranched alkanes of at least 4 members (excludes halogenated alkanes) is 27. The topological polar surface area (TPSA) is 237 Å². The molecular weight excluding hydrogens is 1100 g/mol. The molecule has 0 aliphatic rings. The maximum atomic E-state index is 13.0. The fourth-order valence-corrected chi connectivity index (χ4v) is 11.0. The van der Waals surface area contributed by atoms with Gasteiger partial charge in [-0.05, 0) is 49.4 Å². The highest BCUT2D eigenvalue weighted by Crippen LogP contribution is 2.45. The maximum absolute atomic E-state index is 13.0. The van der Waals surface area contributed by atoms with Crippen LogP contribution in [-0.2, 0) is 65.4 Å². The van der Waals surface area contributed by atoms with Gasteiger partial charge in [-0.1, -0.05) is 254 Å². The van der Waals surface area contributed by atoms with Crippen LogP contribution in [0.4, 0.5) is 0 Å². The summed E-state index contributed by atoms with van der Waals surface area (Å²) in [5, 5.41) is 10.5. The van der Waals surface area contributed by atoms with Crippen molar-refractivity contribution in [1.82, 2.24) is 0 Å². The zero-order chi connectivity index (χ0) is 61.8. The summed E-state index contributed by atoms with van der Waals surface area (Å²) in [4.78, 5) is 72.2. The summed E-state index contributed by atoms with van der Waals surface area (Å²) < 4.78 is 68.0. The molecule has 2 unspecified atom stereocenters. The molecule has 0 aromatic rings. The Morgan fingerprint density at radius 3 is 0.747 bits per heavy atom. The van der Waals surface area contributed by atoms with Gasteiger partial charge in [0.25, 0.3) is 0 Å². The second kappa shape index (κ2) is 54.2. The van der Waals surface area contributed by atoms with Crippen LogP contribution in [0, 0.1) is 23.7 Å². The van der Waals surface area contributed by atoms with Crippen LogP contribution in [0.2, 0.25) is 0 Å². The Hall–Kier alpha value is -1.94. The van der Waals surface area contributed by atoms with E-state index >= 15 is 0 Å². The fraction of sp³-hybridized carbons (Fsp3) is 0.938. The molecule has 0 spiro atoms. The molecule has 0 rings (SSSR count). The third-order valence-corrected chi connectivity index (χ3v) is 16.5. The third-order valence-electron chi connectivity index (χ3n) is 14.6. The van der Waals surface area contributed by atoms with Gasteiger partial charge in [-0.25, -0.2) is 9.13 Å². The molecule has 3 N–H and O–H groups in total. The molecule has 0 bridgehead atoms. The minimum absolute atomic E-state index is 0.103. The lowest BCUT2D eigenvalue weighted by Crippen LogP contribution is -2.30. The van der Waals surface area contributed by atoms with Crippen molar-refractivity contribution in [3.63, 3.8) is 0 Å². The molecule has 17 nitrogen and oxygen atoms in total. The van der Waals surface area contributed by atoms with Gasteiger partial charge in [-0.2, -0.15) is 0 Å². The van der Waals surface area contributed by atoms with Crippen molar-refractivity contribution in [2.24, 2.45) is 23.7 Å². The van der Waals surface area contributed by atoms with E-state index in [1.165, 1.54) is 96.3 Å². The Kier molecular flexibility index (Phi) is 53.0. The van der Waals surface area contributed by atoms with Gasteiger partial charge in [0, 0.05) is 25.7 Å². The van der Waals surface area contributed by atoms with Crippen LogP contribution in [0.5, 0.6) is 0 Å². The lowest BCUT2D eigenvalue weighted by molar-refractivity contribution is -0.161. The Morgan fingerprint density at radius 1 is 0.301 bits per heavy atom. The number of aliphatic hydroxyl groups is 1. The quantitative estimate of drug-likeness (QED) is 0.0222. The molecule has 0 radical (unpaired) electrons. The normalized spacial score (nSPS) is 14.4. The summed E-state index contributed by atoms with van der Waals surface area (Å²) in [5.74, 6) is 0.705. The van der Waals surface area contributed by atoms with E-state index in [0.717, 1.165) is 115 Å². The lowest BCUT2D eigenvalue weighted by atomic mass is 10.0. The van der Waals surface area contributed by atoms with E-state index in [4.69, 9.17) is 37.0 Å². The smallest absolute Gasteiger partial charge is 0.462 e. The molecule has 19 heteroatoms. The number of ether oxygens (including phenoxy) is 4. The number of aliphatic hydroxyl groups excluding tert-OH is 1. The van der Waals surface area contributed by atoms with Crippen LogP contribution < -0.4 is 0 Å². The largest absolute Gasteiger partial charge is 0.472 e. The molecule has 0 amide bonds. The Balaban J connectivity index is 5.24. The zero-order valence-corrected chi connectivity index (χ0v) is 55.6.